The molecule has 1 rings (SSSR count). The highest BCUT2D eigenvalue weighted by atomic mass is 19.1. The first-order chi connectivity index (χ1) is 9.93. The van der Waals surface area contributed by atoms with E-state index in [9.17, 15) is 9.18 Å². The number of aromatic carboxylic acids is 1. The third kappa shape index (κ3) is 5.61. The number of nitrogen functional groups attached to an aromatic ring is 1. The summed E-state index contributed by atoms with van der Waals surface area (Å²) in [4.78, 5) is 11.1. The summed E-state index contributed by atoms with van der Waals surface area (Å²) in [5, 5.41) is 12.1. The predicted octanol–water partition coefficient (Wildman–Crippen LogP) is 4.12. The first kappa shape index (κ1) is 17.3. The van der Waals surface area contributed by atoms with Crippen molar-refractivity contribution in [3.05, 3.63) is 23.5 Å². The van der Waals surface area contributed by atoms with Gasteiger partial charge in [0.2, 0.25) is 0 Å². The topological polar surface area (TPSA) is 75.3 Å². The second kappa shape index (κ2) is 8.49. The molecule has 1 aromatic carbocycles. The van der Waals surface area contributed by atoms with Crippen LogP contribution < -0.4 is 11.1 Å². The summed E-state index contributed by atoms with van der Waals surface area (Å²) in [6.07, 6.45) is 5.69. The summed E-state index contributed by atoms with van der Waals surface area (Å²) >= 11 is 0. The predicted molar refractivity (Wildman–Crippen MR) is 84.2 cm³/mol. The maximum Gasteiger partial charge on any atom is 0.340 e. The summed E-state index contributed by atoms with van der Waals surface area (Å²) < 4.78 is 13.3. The Bertz CT molecular complexity index is 476. The highest BCUT2D eigenvalue weighted by Crippen LogP contribution is 2.25. The van der Waals surface area contributed by atoms with E-state index in [0.717, 1.165) is 18.8 Å². The number of carbonyl (C=O) groups is 1. The fraction of sp³-hybridized carbons (Fsp3) is 0.562. The van der Waals surface area contributed by atoms with E-state index in [1.807, 2.05) is 0 Å². The van der Waals surface area contributed by atoms with Gasteiger partial charge in [-0.25, -0.2) is 9.18 Å². The van der Waals surface area contributed by atoms with Crippen molar-refractivity contribution in [3.8, 4) is 0 Å². The normalized spacial score (nSPS) is 10.9. The van der Waals surface area contributed by atoms with Crippen molar-refractivity contribution in [3.63, 3.8) is 0 Å². The van der Waals surface area contributed by atoms with E-state index in [2.05, 4.69) is 19.2 Å². The van der Waals surface area contributed by atoms with E-state index in [4.69, 9.17) is 10.8 Å². The summed E-state index contributed by atoms with van der Waals surface area (Å²) in [6, 6.07) is 2.61. The Balaban J connectivity index is 2.42. The molecule has 0 unspecified atom stereocenters. The van der Waals surface area contributed by atoms with Crippen LogP contribution in [0.5, 0.6) is 0 Å². The van der Waals surface area contributed by atoms with Crippen LogP contribution >= 0.6 is 0 Å². The number of benzene rings is 1. The molecule has 5 heteroatoms. The second-order valence-electron chi connectivity index (χ2n) is 5.71. The maximum absolute atomic E-state index is 13.3. The smallest absolute Gasteiger partial charge is 0.340 e. The van der Waals surface area contributed by atoms with Crippen LogP contribution in [-0.4, -0.2) is 17.6 Å². The van der Waals surface area contributed by atoms with Gasteiger partial charge in [0, 0.05) is 6.54 Å². The van der Waals surface area contributed by atoms with Crippen LogP contribution in [-0.2, 0) is 0 Å². The van der Waals surface area contributed by atoms with Gasteiger partial charge in [0.15, 0.2) is 0 Å². The monoisotopic (exact) mass is 296 g/mol. The Labute approximate surface area is 125 Å². The summed E-state index contributed by atoms with van der Waals surface area (Å²) in [6.45, 7) is 5.09. The van der Waals surface area contributed by atoms with Crippen molar-refractivity contribution >= 4 is 17.3 Å². The van der Waals surface area contributed by atoms with Gasteiger partial charge in [-0.15, -0.1) is 0 Å². The zero-order valence-electron chi connectivity index (χ0n) is 12.8. The minimum absolute atomic E-state index is 0.185. The zero-order chi connectivity index (χ0) is 15.8. The molecule has 0 aliphatic rings. The van der Waals surface area contributed by atoms with Crippen molar-refractivity contribution in [1.82, 2.24) is 0 Å². The molecule has 21 heavy (non-hydrogen) atoms. The van der Waals surface area contributed by atoms with Gasteiger partial charge in [-0.3, -0.25) is 0 Å². The van der Waals surface area contributed by atoms with E-state index < -0.39 is 11.8 Å². The number of unbranched alkanes of at least 4 members (excludes halogenated alkanes) is 3. The molecule has 0 aromatic heterocycles. The van der Waals surface area contributed by atoms with Crippen LogP contribution in [0.4, 0.5) is 15.8 Å². The molecule has 0 aliphatic heterocycles. The summed E-state index contributed by atoms with van der Waals surface area (Å²) in [5.74, 6) is -1.18. The standard InChI is InChI=1S/C16H25FN2O2/c1-11(2)7-5-3-4-6-10-19-13-9-8-12(17)15(18)14(13)16(20)21/h8-9,11,19H,3-7,10,18H2,1-2H3,(H,20,21). The molecular weight excluding hydrogens is 271 g/mol. The van der Waals surface area contributed by atoms with Gasteiger partial charge in [0.25, 0.3) is 0 Å². The average molecular weight is 296 g/mol. The van der Waals surface area contributed by atoms with Crippen LogP contribution in [0.2, 0.25) is 0 Å². The molecule has 0 amide bonds. The molecule has 0 atom stereocenters. The van der Waals surface area contributed by atoms with Gasteiger partial charge in [-0.05, 0) is 24.5 Å². The van der Waals surface area contributed by atoms with Crippen LogP contribution in [0.15, 0.2) is 12.1 Å². The number of anilines is 2. The Kier molecular flexibility index (Phi) is 6.99. The van der Waals surface area contributed by atoms with Crippen molar-refractivity contribution in [2.24, 2.45) is 5.92 Å². The minimum atomic E-state index is -1.22. The number of nitrogens with one attached hydrogen (secondary N) is 1. The number of halogens is 1. The highest BCUT2D eigenvalue weighted by molar-refractivity contribution is 6.00. The van der Waals surface area contributed by atoms with E-state index in [1.54, 1.807) is 0 Å². The Hall–Kier alpha value is -1.78. The Morgan fingerprint density at radius 2 is 1.95 bits per heavy atom. The molecule has 4 N–H and O–H groups in total. The van der Waals surface area contributed by atoms with Crippen molar-refractivity contribution in [2.45, 2.75) is 46.0 Å². The largest absolute Gasteiger partial charge is 0.478 e. The molecule has 4 nitrogen and oxygen atoms in total. The zero-order valence-corrected chi connectivity index (χ0v) is 12.8. The van der Waals surface area contributed by atoms with Crippen LogP contribution in [0, 0.1) is 11.7 Å². The molecule has 0 saturated carbocycles. The molecule has 0 heterocycles. The van der Waals surface area contributed by atoms with Gasteiger partial charge < -0.3 is 16.2 Å². The number of carboxylic acid groups (broad SMARTS) is 1. The lowest BCUT2D eigenvalue weighted by atomic mass is 10.0. The first-order valence-corrected chi connectivity index (χ1v) is 7.48. The van der Waals surface area contributed by atoms with E-state index in [0.29, 0.717) is 12.2 Å². The van der Waals surface area contributed by atoms with Gasteiger partial charge in [0.05, 0.1) is 11.4 Å². The summed E-state index contributed by atoms with van der Waals surface area (Å²) in [5.41, 5.74) is 5.36. The van der Waals surface area contributed by atoms with Crippen molar-refractivity contribution < 1.29 is 14.3 Å². The third-order valence-corrected chi connectivity index (χ3v) is 3.43. The molecule has 118 valence electrons. The lowest BCUT2D eigenvalue weighted by molar-refractivity contribution is 0.0698. The fourth-order valence-electron chi connectivity index (χ4n) is 2.23. The van der Waals surface area contributed by atoms with Gasteiger partial charge in [0.1, 0.15) is 11.4 Å². The number of nitrogens with two attached hydrogens (primary N) is 1. The lowest BCUT2D eigenvalue weighted by Crippen LogP contribution is -2.11. The van der Waals surface area contributed by atoms with Crippen molar-refractivity contribution in [2.75, 3.05) is 17.6 Å². The molecule has 0 aliphatic carbocycles. The number of hydrogen-bond donors (Lipinski definition) is 3. The van der Waals surface area contributed by atoms with Crippen LogP contribution in [0.3, 0.4) is 0 Å². The van der Waals surface area contributed by atoms with Gasteiger partial charge in [-0.1, -0.05) is 39.5 Å². The first-order valence-electron chi connectivity index (χ1n) is 7.48. The molecular formula is C16H25FN2O2. The number of rotatable bonds is 9. The second-order valence-corrected chi connectivity index (χ2v) is 5.71. The summed E-state index contributed by atoms with van der Waals surface area (Å²) in [7, 11) is 0. The van der Waals surface area contributed by atoms with Gasteiger partial charge >= 0.3 is 5.97 Å². The molecule has 0 radical (unpaired) electrons. The van der Waals surface area contributed by atoms with E-state index >= 15 is 0 Å². The number of hydrogen-bond acceptors (Lipinski definition) is 3. The van der Waals surface area contributed by atoms with Crippen molar-refractivity contribution in [1.29, 1.82) is 0 Å². The quantitative estimate of drug-likeness (QED) is 0.473. The van der Waals surface area contributed by atoms with Gasteiger partial charge in [-0.2, -0.15) is 0 Å². The lowest BCUT2D eigenvalue weighted by Gasteiger charge is -2.12. The van der Waals surface area contributed by atoms with E-state index in [1.165, 1.54) is 31.4 Å². The van der Waals surface area contributed by atoms with Crippen LogP contribution in [0.25, 0.3) is 0 Å². The highest BCUT2D eigenvalue weighted by Gasteiger charge is 2.16. The third-order valence-electron chi connectivity index (χ3n) is 3.43. The average Bonchev–Trinajstić information content (AvgIpc) is 2.40. The molecule has 0 spiro atoms. The van der Waals surface area contributed by atoms with E-state index in [-0.39, 0.29) is 11.3 Å². The molecule has 0 saturated heterocycles. The fourth-order valence-corrected chi connectivity index (χ4v) is 2.23. The Morgan fingerprint density at radius 1 is 1.29 bits per heavy atom. The Morgan fingerprint density at radius 3 is 2.57 bits per heavy atom. The molecule has 0 bridgehead atoms. The molecule has 1 aromatic rings. The minimum Gasteiger partial charge on any atom is -0.478 e. The SMILES string of the molecule is CC(C)CCCCCCNc1ccc(F)c(N)c1C(=O)O. The maximum atomic E-state index is 13.3. The van der Waals surface area contributed by atoms with Crippen LogP contribution in [0.1, 0.15) is 56.3 Å². The molecule has 0 fully saturated rings. The number of carboxylic acids is 1.